The van der Waals surface area contributed by atoms with E-state index in [1.54, 1.807) is 6.20 Å². The van der Waals surface area contributed by atoms with E-state index in [0.29, 0.717) is 18.0 Å². The Morgan fingerprint density at radius 2 is 2.08 bits per heavy atom. The molecule has 7 heteroatoms. The second-order valence-electron chi connectivity index (χ2n) is 7.43. The number of rotatable bonds is 5. The first-order valence-electron chi connectivity index (χ1n) is 9.42. The smallest absolute Gasteiger partial charge is 0.256 e. The standard InChI is InChI=1S/C19H30N4O2S/c1-21-7-4-8-22(10-9-21)11-15-12-23(13-16(15)14-24)19(25)17-5-3-6-20-18(17)26-2/h3,5-6,15-16,24H,4,7-14H2,1-2H3/t15-,16-/m1/s1. The SMILES string of the molecule is CSc1ncccc1C(=O)N1C[C@@H](CN2CCCN(C)CC2)[C@@H](CO)C1. The summed E-state index contributed by atoms with van der Waals surface area (Å²) >= 11 is 1.50. The molecular weight excluding hydrogens is 348 g/mol. The predicted molar refractivity (Wildman–Crippen MR) is 105 cm³/mol. The molecule has 3 heterocycles. The number of amides is 1. The van der Waals surface area contributed by atoms with Crippen molar-refractivity contribution in [2.45, 2.75) is 11.4 Å². The predicted octanol–water partition coefficient (Wildman–Crippen LogP) is 1.12. The monoisotopic (exact) mass is 378 g/mol. The molecule has 0 saturated carbocycles. The molecule has 0 unspecified atom stereocenters. The molecule has 0 radical (unpaired) electrons. The summed E-state index contributed by atoms with van der Waals surface area (Å²) in [6, 6.07) is 3.67. The number of hydrogen-bond acceptors (Lipinski definition) is 6. The molecule has 6 nitrogen and oxygen atoms in total. The minimum absolute atomic E-state index is 0.0407. The van der Waals surface area contributed by atoms with Crippen molar-refractivity contribution in [3.05, 3.63) is 23.9 Å². The minimum atomic E-state index is 0.0407. The van der Waals surface area contributed by atoms with Crippen molar-refractivity contribution in [3.63, 3.8) is 0 Å². The van der Waals surface area contributed by atoms with E-state index in [9.17, 15) is 9.90 Å². The number of hydrogen-bond donors (Lipinski definition) is 1. The van der Waals surface area contributed by atoms with Crippen LogP contribution in [0.4, 0.5) is 0 Å². The normalized spacial score (nSPS) is 25.4. The van der Waals surface area contributed by atoms with E-state index in [0.717, 1.165) is 44.3 Å². The first-order chi connectivity index (χ1) is 12.6. The van der Waals surface area contributed by atoms with Gasteiger partial charge in [-0.25, -0.2) is 4.98 Å². The minimum Gasteiger partial charge on any atom is -0.396 e. The summed E-state index contributed by atoms with van der Waals surface area (Å²) in [4.78, 5) is 24.1. The maximum absolute atomic E-state index is 13.0. The average Bonchev–Trinajstić information content (AvgIpc) is 2.96. The van der Waals surface area contributed by atoms with Gasteiger partial charge in [0.1, 0.15) is 5.03 Å². The Bertz CT molecular complexity index is 615. The van der Waals surface area contributed by atoms with Gasteiger partial charge in [0.15, 0.2) is 0 Å². The van der Waals surface area contributed by atoms with Gasteiger partial charge >= 0.3 is 0 Å². The van der Waals surface area contributed by atoms with Gasteiger partial charge in [-0.3, -0.25) is 4.79 Å². The van der Waals surface area contributed by atoms with Gasteiger partial charge in [-0.1, -0.05) is 0 Å². The van der Waals surface area contributed by atoms with Gasteiger partial charge in [-0.15, -0.1) is 11.8 Å². The molecule has 0 aromatic carbocycles. The fraction of sp³-hybridized carbons (Fsp3) is 0.684. The average molecular weight is 379 g/mol. The second kappa shape index (κ2) is 9.17. The van der Waals surface area contributed by atoms with Crippen LogP contribution in [-0.4, -0.2) is 96.4 Å². The van der Waals surface area contributed by atoms with E-state index in [1.807, 2.05) is 23.3 Å². The van der Waals surface area contributed by atoms with Gasteiger partial charge in [0.05, 0.1) is 5.56 Å². The zero-order chi connectivity index (χ0) is 18.5. The van der Waals surface area contributed by atoms with Crippen LogP contribution < -0.4 is 0 Å². The maximum atomic E-state index is 13.0. The molecule has 3 rings (SSSR count). The number of likely N-dealkylation sites (N-methyl/N-ethyl adjacent to an activating group) is 1. The van der Waals surface area contributed by atoms with E-state index < -0.39 is 0 Å². The lowest BCUT2D eigenvalue weighted by Crippen LogP contribution is -2.36. The van der Waals surface area contributed by atoms with Gasteiger partial charge in [0, 0.05) is 51.4 Å². The van der Waals surface area contributed by atoms with Crippen molar-refractivity contribution in [3.8, 4) is 0 Å². The molecule has 2 saturated heterocycles. The van der Waals surface area contributed by atoms with E-state index in [2.05, 4.69) is 21.8 Å². The molecule has 2 fully saturated rings. The summed E-state index contributed by atoms with van der Waals surface area (Å²) < 4.78 is 0. The zero-order valence-electron chi connectivity index (χ0n) is 15.8. The molecule has 26 heavy (non-hydrogen) atoms. The summed E-state index contributed by atoms with van der Waals surface area (Å²) in [7, 11) is 2.17. The second-order valence-corrected chi connectivity index (χ2v) is 8.23. The maximum Gasteiger partial charge on any atom is 0.256 e. The molecule has 1 N–H and O–H groups in total. The van der Waals surface area contributed by atoms with Crippen molar-refractivity contribution >= 4 is 17.7 Å². The highest BCUT2D eigenvalue weighted by atomic mass is 32.2. The Balaban J connectivity index is 1.65. The van der Waals surface area contributed by atoms with Crippen LogP contribution in [0.15, 0.2) is 23.4 Å². The van der Waals surface area contributed by atoms with Crippen molar-refractivity contribution < 1.29 is 9.90 Å². The van der Waals surface area contributed by atoms with Gasteiger partial charge in [-0.2, -0.15) is 0 Å². The number of aliphatic hydroxyl groups is 1. The number of aliphatic hydroxyl groups excluding tert-OH is 1. The quantitative estimate of drug-likeness (QED) is 0.775. The first kappa shape index (κ1) is 19.6. The highest BCUT2D eigenvalue weighted by Crippen LogP contribution is 2.27. The van der Waals surface area contributed by atoms with Crippen LogP contribution in [0.5, 0.6) is 0 Å². The summed E-state index contributed by atoms with van der Waals surface area (Å²) in [6.45, 7) is 6.87. The lowest BCUT2D eigenvalue weighted by molar-refractivity contribution is 0.0774. The van der Waals surface area contributed by atoms with Gasteiger partial charge in [-0.05, 0) is 50.9 Å². The Labute approximate surface area is 160 Å². The van der Waals surface area contributed by atoms with E-state index in [1.165, 1.54) is 18.2 Å². The van der Waals surface area contributed by atoms with Crippen molar-refractivity contribution in [2.75, 3.05) is 65.7 Å². The fourth-order valence-electron chi connectivity index (χ4n) is 4.02. The number of likely N-dealkylation sites (tertiary alicyclic amines) is 1. The molecule has 0 spiro atoms. The molecule has 0 aliphatic carbocycles. The Morgan fingerprint density at radius 3 is 2.85 bits per heavy atom. The number of aromatic nitrogens is 1. The highest BCUT2D eigenvalue weighted by Gasteiger charge is 2.36. The number of carbonyl (C=O) groups is 1. The lowest BCUT2D eigenvalue weighted by Gasteiger charge is -2.26. The summed E-state index contributed by atoms with van der Waals surface area (Å²) in [5.41, 5.74) is 0.675. The van der Waals surface area contributed by atoms with E-state index in [-0.39, 0.29) is 18.4 Å². The van der Waals surface area contributed by atoms with E-state index >= 15 is 0 Å². The Kier molecular flexibility index (Phi) is 6.92. The van der Waals surface area contributed by atoms with Gasteiger partial charge < -0.3 is 19.8 Å². The number of thioether (sulfide) groups is 1. The summed E-state index contributed by atoms with van der Waals surface area (Å²) in [5.74, 6) is 0.537. The highest BCUT2D eigenvalue weighted by molar-refractivity contribution is 7.98. The van der Waals surface area contributed by atoms with E-state index in [4.69, 9.17) is 0 Å². The largest absolute Gasteiger partial charge is 0.396 e. The van der Waals surface area contributed by atoms with Crippen LogP contribution in [0.25, 0.3) is 0 Å². The lowest BCUT2D eigenvalue weighted by atomic mass is 9.96. The van der Waals surface area contributed by atoms with Crippen LogP contribution >= 0.6 is 11.8 Å². The van der Waals surface area contributed by atoms with Crippen LogP contribution in [0, 0.1) is 11.8 Å². The number of carbonyl (C=O) groups excluding carboxylic acids is 1. The third kappa shape index (κ3) is 4.57. The van der Waals surface area contributed by atoms with Crippen molar-refractivity contribution in [1.29, 1.82) is 0 Å². The molecule has 1 aromatic rings. The Morgan fingerprint density at radius 1 is 1.27 bits per heavy atom. The third-order valence-corrected chi connectivity index (χ3v) is 6.31. The van der Waals surface area contributed by atoms with Crippen LogP contribution in [-0.2, 0) is 0 Å². The molecular formula is C19H30N4O2S. The Hall–Kier alpha value is -1.15. The topological polar surface area (TPSA) is 59.9 Å². The fourth-order valence-corrected chi connectivity index (χ4v) is 4.56. The third-order valence-electron chi connectivity index (χ3n) is 5.60. The van der Waals surface area contributed by atoms with Crippen molar-refractivity contribution in [1.82, 2.24) is 19.7 Å². The molecule has 2 atom stereocenters. The molecule has 144 valence electrons. The molecule has 1 amide bonds. The summed E-state index contributed by atoms with van der Waals surface area (Å²) in [5, 5.41) is 10.6. The van der Waals surface area contributed by atoms with Crippen molar-refractivity contribution in [2.24, 2.45) is 11.8 Å². The van der Waals surface area contributed by atoms with Gasteiger partial charge in [0.2, 0.25) is 0 Å². The van der Waals surface area contributed by atoms with Crippen LogP contribution in [0.2, 0.25) is 0 Å². The summed E-state index contributed by atoms with van der Waals surface area (Å²) in [6.07, 6.45) is 4.85. The first-order valence-corrected chi connectivity index (χ1v) is 10.6. The molecule has 2 aliphatic rings. The van der Waals surface area contributed by atoms with Crippen LogP contribution in [0.1, 0.15) is 16.8 Å². The number of nitrogens with zero attached hydrogens (tertiary/aromatic N) is 4. The molecule has 2 aliphatic heterocycles. The zero-order valence-corrected chi connectivity index (χ0v) is 16.6. The molecule has 0 bridgehead atoms. The number of pyridine rings is 1. The molecule has 1 aromatic heterocycles. The van der Waals surface area contributed by atoms with Crippen LogP contribution in [0.3, 0.4) is 0 Å². The van der Waals surface area contributed by atoms with Gasteiger partial charge in [0.25, 0.3) is 5.91 Å².